The van der Waals surface area contributed by atoms with Crippen molar-refractivity contribution in [2.75, 3.05) is 13.1 Å². The van der Waals surface area contributed by atoms with Crippen LogP contribution in [0.3, 0.4) is 0 Å². The summed E-state index contributed by atoms with van der Waals surface area (Å²) < 4.78 is 2.17. The second-order valence-corrected chi connectivity index (χ2v) is 9.26. The molecule has 1 saturated carbocycles. The second-order valence-electron chi connectivity index (χ2n) is 7.95. The molecule has 1 atom stereocenters. The SMILES string of the molecule is CC(Sc1nnc(C2CC2)n1Cc1ccccc1)C(=O)N1CCC(C(N)=O)CC1. The number of nitrogens with zero attached hydrogens (tertiary/aromatic N) is 4. The van der Waals surface area contributed by atoms with Crippen molar-refractivity contribution in [3.05, 3.63) is 41.7 Å². The molecule has 0 spiro atoms. The van der Waals surface area contributed by atoms with Crippen LogP contribution in [0.5, 0.6) is 0 Å². The lowest BCUT2D eigenvalue weighted by atomic mass is 9.96. The van der Waals surface area contributed by atoms with Crippen LogP contribution in [-0.4, -0.2) is 49.8 Å². The Balaban J connectivity index is 1.44. The summed E-state index contributed by atoms with van der Waals surface area (Å²) in [6.45, 7) is 3.81. The highest BCUT2D eigenvalue weighted by Crippen LogP contribution is 2.40. The van der Waals surface area contributed by atoms with Gasteiger partial charge in [-0.2, -0.15) is 0 Å². The van der Waals surface area contributed by atoms with Gasteiger partial charge in [-0.3, -0.25) is 9.59 Å². The topological polar surface area (TPSA) is 94.1 Å². The average molecular weight is 414 g/mol. The van der Waals surface area contributed by atoms with Crippen LogP contribution in [0.2, 0.25) is 0 Å². The molecule has 2 N–H and O–H groups in total. The maximum atomic E-state index is 12.9. The van der Waals surface area contributed by atoms with Crippen LogP contribution in [0.4, 0.5) is 0 Å². The first-order valence-electron chi connectivity index (χ1n) is 10.2. The van der Waals surface area contributed by atoms with Crippen LogP contribution in [0, 0.1) is 5.92 Å². The van der Waals surface area contributed by atoms with E-state index in [-0.39, 0.29) is 23.0 Å². The molecular formula is C21H27N5O2S. The molecule has 2 aromatic rings. The van der Waals surface area contributed by atoms with E-state index in [9.17, 15) is 9.59 Å². The molecule has 1 aliphatic heterocycles. The number of rotatable bonds is 7. The third-order valence-electron chi connectivity index (χ3n) is 5.71. The minimum absolute atomic E-state index is 0.0835. The molecule has 0 bridgehead atoms. The Kier molecular flexibility index (Phi) is 5.89. The Morgan fingerprint density at radius 2 is 1.83 bits per heavy atom. The Labute approximate surface area is 175 Å². The molecule has 8 heteroatoms. The van der Waals surface area contributed by atoms with Crippen LogP contribution >= 0.6 is 11.8 Å². The van der Waals surface area contributed by atoms with E-state index in [2.05, 4.69) is 26.9 Å². The summed E-state index contributed by atoms with van der Waals surface area (Å²) in [5.74, 6) is 1.22. The van der Waals surface area contributed by atoms with E-state index in [1.165, 1.54) is 17.3 Å². The summed E-state index contributed by atoms with van der Waals surface area (Å²) in [7, 11) is 0. The fourth-order valence-corrected chi connectivity index (χ4v) is 4.73. The van der Waals surface area contributed by atoms with Crippen molar-refractivity contribution in [1.29, 1.82) is 0 Å². The number of piperidine rings is 1. The van der Waals surface area contributed by atoms with E-state index in [1.807, 2.05) is 30.0 Å². The number of primary amides is 1. The maximum absolute atomic E-state index is 12.9. The van der Waals surface area contributed by atoms with Crippen LogP contribution in [0.15, 0.2) is 35.5 Å². The molecule has 1 aliphatic carbocycles. The van der Waals surface area contributed by atoms with E-state index >= 15 is 0 Å². The van der Waals surface area contributed by atoms with Crippen molar-refractivity contribution in [2.45, 2.75) is 55.5 Å². The highest BCUT2D eigenvalue weighted by atomic mass is 32.2. The van der Waals surface area contributed by atoms with Gasteiger partial charge in [0.2, 0.25) is 11.8 Å². The summed E-state index contributed by atoms with van der Waals surface area (Å²) >= 11 is 1.47. The maximum Gasteiger partial charge on any atom is 0.235 e. The third kappa shape index (κ3) is 4.63. The standard InChI is InChI=1S/C21H27N5O2S/c1-14(20(28)25-11-9-16(10-12-25)18(22)27)29-21-24-23-19(17-7-8-17)26(21)13-15-5-3-2-4-6-15/h2-6,14,16-17H,7-13H2,1H3,(H2,22,27). The quantitative estimate of drug-likeness (QED) is 0.704. The van der Waals surface area contributed by atoms with E-state index in [0.29, 0.717) is 38.4 Å². The van der Waals surface area contributed by atoms with Gasteiger partial charge in [-0.15, -0.1) is 10.2 Å². The number of hydrogen-bond acceptors (Lipinski definition) is 5. The van der Waals surface area contributed by atoms with E-state index in [4.69, 9.17) is 5.73 Å². The molecular weight excluding hydrogens is 386 g/mol. The lowest BCUT2D eigenvalue weighted by Gasteiger charge is -2.32. The summed E-state index contributed by atoms with van der Waals surface area (Å²) in [4.78, 5) is 26.1. The van der Waals surface area contributed by atoms with Crippen molar-refractivity contribution >= 4 is 23.6 Å². The minimum atomic E-state index is -0.263. The van der Waals surface area contributed by atoms with E-state index < -0.39 is 0 Å². The first-order valence-corrected chi connectivity index (χ1v) is 11.1. The molecule has 1 unspecified atom stereocenters. The number of amides is 2. The zero-order valence-electron chi connectivity index (χ0n) is 16.7. The molecule has 0 radical (unpaired) electrons. The lowest BCUT2D eigenvalue weighted by Crippen LogP contribution is -2.44. The largest absolute Gasteiger partial charge is 0.369 e. The van der Waals surface area contributed by atoms with Gasteiger partial charge in [-0.25, -0.2) is 0 Å². The van der Waals surface area contributed by atoms with Crippen molar-refractivity contribution in [3.63, 3.8) is 0 Å². The van der Waals surface area contributed by atoms with Gasteiger partial charge in [-0.1, -0.05) is 42.1 Å². The molecule has 2 amide bonds. The van der Waals surface area contributed by atoms with E-state index in [1.54, 1.807) is 0 Å². The minimum Gasteiger partial charge on any atom is -0.369 e. The Bertz CT molecular complexity index is 872. The molecule has 154 valence electrons. The molecule has 1 aromatic carbocycles. The van der Waals surface area contributed by atoms with Crippen LogP contribution in [0.1, 0.15) is 49.9 Å². The zero-order valence-corrected chi connectivity index (χ0v) is 17.5. The average Bonchev–Trinajstić information content (AvgIpc) is 3.51. The van der Waals surface area contributed by atoms with Crippen molar-refractivity contribution in [3.8, 4) is 0 Å². The number of carbonyl (C=O) groups excluding carboxylic acids is 2. The summed E-state index contributed by atoms with van der Waals surface area (Å²) in [5.41, 5.74) is 6.60. The zero-order chi connectivity index (χ0) is 20.4. The number of benzene rings is 1. The van der Waals surface area contributed by atoms with Crippen molar-refractivity contribution in [1.82, 2.24) is 19.7 Å². The predicted molar refractivity (Wildman–Crippen MR) is 111 cm³/mol. The first-order chi connectivity index (χ1) is 14.0. The monoisotopic (exact) mass is 413 g/mol. The molecule has 1 aromatic heterocycles. The summed E-state index contributed by atoms with van der Waals surface area (Å²) in [5, 5.41) is 9.40. The number of carbonyl (C=O) groups is 2. The van der Waals surface area contributed by atoms with Gasteiger partial charge in [0.1, 0.15) is 5.82 Å². The van der Waals surface area contributed by atoms with Gasteiger partial charge in [0.25, 0.3) is 0 Å². The second kappa shape index (κ2) is 8.57. The highest BCUT2D eigenvalue weighted by molar-refractivity contribution is 8.00. The fourth-order valence-electron chi connectivity index (χ4n) is 3.80. The molecule has 7 nitrogen and oxygen atoms in total. The molecule has 2 heterocycles. The molecule has 29 heavy (non-hydrogen) atoms. The number of likely N-dealkylation sites (tertiary alicyclic amines) is 1. The number of thioether (sulfide) groups is 1. The number of nitrogens with two attached hydrogens (primary N) is 1. The first kappa shape index (κ1) is 19.9. The Morgan fingerprint density at radius 1 is 1.14 bits per heavy atom. The molecule has 2 fully saturated rings. The summed E-state index contributed by atoms with van der Waals surface area (Å²) in [6, 6.07) is 10.3. The highest BCUT2D eigenvalue weighted by Gasteiger charge is 2.33. The smallest absolute Gasteiger partial charge is 0.235 e. The number of aromatic nitrogens is 3. The predicted octanol–water partition coefficient (Wildman–Crippen LogP) is 2.41. The van der Waals surface area contributed by atoms with Gasteiger partial charge in [0.05, 0.1) is 11.8 Å². The lowest BCUT2D eigenvalue weighted by molar-refractivity contribution is -0.134. The fraction of sp³-hybridized carbons (Fsp3) is 0.524. The van der Waals surface area contributed by atoms with Gasteiger partial charge in [-0.05, 0) is 38.2 Å². The van der Waals surface area contributed by atoms with Crippen molar-refractivity contribution in [2.24, 2.45) is 11.7 Å². The number of hydrogen-bond donors (Lipinski definition) is 1. The Hall–Kier alpha value is -2.35. The third-order valence-corrected chi connectivity index (χ3v) is 6.78. The van der Waals surface area contributed by atoms with Gasteiger partial charge >= 0.3 is 0 Å². The normalized spacial score (nSPS) is 18.6. The van der Waals surface area contributed by atoms with Crippen LogP contribution in [-0.2, 0) is 16.1 Å². The van der Waals surface area contributed by atoms with Gasteiger partial charge < -0.3 is 15.2 Å². The summed E-state index contributed by atoms with van der Waals surface area (Å²) in [6.07, 6.45) is 3.60. The van der Waals surface area contributed by atoms with Gasteiger partial charge in [0.15, 0.2) is 5.16 Å². The molecule has 4 rings (SSSR count). The van der Waals surface area contributed by atoms with Crippen molar-refractivity contribution < 1.29 is 9.59 Å². The van der Waals surface area contributed by atoms with E-state index in [0.717, 1.165) is 23.8 Å². The molecule has 2 aliphatic rings. The van der Waals surface area contributed by atoms with Gasteiger partial charge in [0, 0.05) is 24.9 Å². The van der Waals surface area contributed by atoms with Crippen LogP contribution in [0.25, 0.3) is 0 Å². The molecule has 1 saturated heterocycles. The Morgan fingerprint density at radius 3 is 2.45 bits per heavy atom. The van der Waals surface area contributed by atoms with Crippen LogP contribution < -0.4 is 5.73 Å².